The van der Waals surface area contributed by atoms with E-state index in [0.717, 1.165) is 0 Å². The van der Waals surface area contributed by atoms with E-state index in [-0.39, 0.29) is 17.9 Å². The highest BCUT2D eigenvalue weighted by atomic mass is 32.1. The third-order valence-corrected chi connectivity index (χ3v) is 4.34. The number of carboxylic acids is 1. The summed E-state index contributed by atoms with van der Waals surface area (Å²) in [5, 5.41) is 25.7. The maximum Gasteiger partial charge on any atom is 0.327 e. The summed E-state index contributed by atoms with van der Waals surface area (Å²) >= 11 is 3.90. The van der Waals surface area contributed by atoms with Gasteiger partial charge in [0, 0.05) is 12.2 Å². The van der Waals surface area contributed by atoms with Crippen LogP contribution in [-0.2, 0) is 25.6 Å². The van der Waals surface area contributed by atoms with Crippen LogP contribution in [0.15, 0.2) is 24.3 Å². The van der Waals surface area contributed by atoms with E-state index in [4.69, 9.17) is 10.8 Å². The van der Waals surface area contributed by atoms with Gasteiger partial charge in [0.1, 0.15) is 23.9 Å². The van der Waals surface area contributed by atoms with E-state index >= 15 is 0 Å². The van der Waals surface area contributed by atoms with Gasteiger partial charge in [0.15, 0.2) is 0 Å². The summed E-state index contributed by atoms with van der Waals surface area (Å²) in [5.41, 5.74) is 6.07. The molecule has 1 aromatic rings. The quantitative estimate of drug-likeness (QED) is 0.230. The van der Waals surface area contributed by atoms with Gasteiger partial charge in [-0.25, -0.2) is 4.79 Å². The summed E-state index contributed by atoms with van der Waals surface area (Å²) in [6, 6.07) is 1.84. The highest BCUT2D eigenvalue weighted by Gasteiger charge is 2.28. The van der Waals surface area contributed by atoms with E-state index in [1.54, 1.807) is 12.1 Å². The fraction of sp³-hybridized carbons (Fsp3) is 0.444. The van der Waals surface area contributed by atoms with E-state index < -0.39 is 47.9 Å². The molecule has 4 unspecified atom stereocenters. The topological polar surface area (TPSA) is 171 Å². The monoisotopic (exact) mass is 426 g/mol. The van der Waals surface area contributed by atoms with E-state index in [0.29, 0.717) is 5.56 Å². The number of nitrogens with one attached hydrogen (secondary N) is 3. The first-order chi connectivity index (χ1) is 13.5. The Hall–Kier alpha value is -2.79. The number of aliphatic carboxylic acids is 1. The molecule has 0 saturated heterocycles. The lowest BCUT2D eigenvalue weighted by atomic mass is 10.0. The third-order valence-electron chi connectivity index (χ3n) is 3.97. The van der Waals surface area contributed by atoms with Crippen molar-refractivity contribution in [2.45, 2.75) is 44.4 Å². The highest BCUT2D eigenvalue weighted by molar-refractivity contribution is 7.80. The number of amides is 3. The van der Waals surface area contributed by atoms with Gasteiger partial charge in [0.2, 0.25) is 17.7 Å². The number of carboxylic acid groups (broad SMARTS) is 1. The second-order valence-electron chi connectivity index (χ2n) is 6.53. The molecule has 160 valence electrons. The SMILES string of the molecule is CC(N)C(=O)NC(C)C(=O)NC(Cc1ccc(O)cc1)C(=O)NC(CS)C(=O)O. The van der Waals surface area contributed by atoms with Gasteiger partial charge in [-0.15, -0.1) is 0 Å². The smallest absolute Gasteiger partial charge is 0.327 e. The van der Waals surface area contributed by atoms with Crippen molar-refractivity contribution in [2.75, 3.05) is 5.75 Å². The van der Waals surface area contributed by atoms with Crippen LogP contribution in [0.25, 0.3) is 0 Å². The molecule has 0 fully saturated rings. The average Bonchev–Trinajstić information content (AvgIpc) is 2.66. The maximum atomic E-state index is 12.6. The summed E-state index contributed by atoms with van der Waals surface area (Å²) < 4.78 is 0. The molecule has 0 bridgehead atoms. The largest absolute Gasteiger partial charge is 0.508 e. The van der Waals surface area contributed by atoms with Crippen LogP contribution in [0.2, 0.25) is 0 Å². The Bertz CT molecular complexity index is 740. The van der Waals surface area contributed by atoms with Crippen LogP contribution in [-0.4, -0.2) is 63.8 Å². The Kier molecular flexibility index (Phi) is 9.42. The summed E-state index contributed by atoms with van der Waals surface area (Å²) in [6.45, 7) is 2.89. The van der Waals surface area contributed by atoms with Crippen molar-refractivity contribution in [3.8, 4) is 5.75 Å². The lowest BCUT2D eigenvalue weighted by Crippen LogP contribution is -2.57. The molecule has 7 N–H and O–H groups in total. The van der Waals surface area contributed by atoms with Gasteiger partial charge in [0.25, 0.3) is 0 Å². The number of phenolic OH excluding ortho intramolecular Hbond substituents is 1. The van der Waals surface area contributed by atoms with Crippen LogP contribution in [0.3, 0.4) is 0 Å². The van der Waals surface area contributed by atoms with Gasteiger partial charge in [-0.3, -0.25) is 14.4 Å². The normalized spacial score (nSPS) is 14.8. The molecular weight excluding hydrogens is 400 g/mol. The van der Waals surface area contributed by atoms with E-state index in [1.165, 1.54) is 26.0 Å². The molecule has 0 heterocycles. The Labute approximate surface area is 173 Å². The van der Waals surface area contributed by atoms with Crippen LogP contribution in [0, 0.1) is 0 Å². The van der Waals surface area contributed by atoms with Crippen molar-refractivity contribution in [3.63, 3.8) is 0 Å². The molecule has 0 aromatic heterocycles. The molecule has 0 aliphatic heterocycles. The van der Waals surface area contributed by atoms with Crippen molar-refractivity contribution in [1.29, 1.82) is 0 Å². The number of phenols is 1. The lowest BCUT2D eigenvalue weighted by Gasteiger charge is -2.23. The third kappa shape index (κ3) is 8.00. The van der Waals surface area contributed by atoms with Crippen molar-refractivity contribution < 1.29 is 29.4 Å². The fourth-order valence-corrected chi connectivity index (χ4v) is 2.49. The second kappa shape index (κ2) is 11.3. The highest BCUT2D eigenvalue weighted by Crippen LogP contribution is 2.12. The number of hydrogen-bond acceptors (Lipinski definition) is 7. The number of nitrogens with two attached hydrogens (primary N) is 1. The number of benzene rings is 1. The first-order valence-electron chi connectivity index (χ1n) is 8.83. The number of hydrogen-bond donors (Lipinski definition) is 7. The summed E-state index contributed by atoms with van der Waals surface area (Å²) in [4.78, 5) is 47.9. The maximum absolute atomic E-state index is 12.6. The zero-order valence-corrected chi connectivity index (χ0v) is 17.0. The zero-order chi connectivity index (χ0) is 22.1. The molecular formula is C18H26N4O6S. The Morgan fingerprint density at radius 2 is 1.52 bits per heavy atom. The molecule has 0 spiro atoms. The van der Waals surface area contributed by atoms with Crippen molar-refractivity contribution in [1.82, 2.24) is 16.0 Å². The Morgan fingerprint density at radius 3 is 2.00 bits per heavy atom. The molecule has 0 saturated carbocycles. The van der Waals surface area contributed by atoms with E-state index in [2.05, 4.69) is 28.6 Å². The molecule has 1 aromatic carbocycles. The molecule has 4 atom stereocenters. The van der Waals surface area contributed by atoms with Crippen molar-refractivity contribution in [3.05, 3.63) is 29.8 Å². The molecule has 29 heavy (non-hydrogen) atoms. The van der Waals surface area contributed by atoms with Crippen LogP contribution in [0.4, 0.5) is 0 Å². The molecule has 0 aliphatic carbocycles. The minimum atomic E-state index is -1.26. The van der Waals surface area contributed by atoms with Crippen LogP contribution in [0.5, 0.6) is 5.75 Å². The molecule has 10 nitrogen and oxygen atoms in total. The van der Waals surface area contributed by atoms with Gasteiger partial charge in [-0.2, -0.15) is 12.6 Å². The first-order valence-corrected chi connectivity index (χ1v) is 9.46. The minimum Gasteiger partial charge on any atom is -0.508 e. The predicted molar refractivity (Wildman–Crippen MR) is 108 cm³/mol. The molecule has 11 heteroatoms. The summed E-state index contributed by atoms with van der Waals surface area (Å²) in [5.74, 6) is -3.27. The van der Waals surface area contributed by atoms with E-state index in [1.807, 2.05) is 0 Å². The lowest BCUT2D eigenvalue weighted by molar-refractivity contribution is -0.141. The summed E-state index contributed by atoms with van der Waals surface area (Å²) in [6.07, 6.45) is 0.0325. The number of rotatable bonds is 10. The van der Waals surface area contributed by atoms with Gasteiger partial charge < -0.3 is 31.9 Å². The van der Waals surface area contributed by atoms with Crippen LogP contribution >= 0.6 is 12.6 Å². The van der Waals surface area contributed by atoms with Gasteiger partial charge in [0.05, 0.1) is 6.04 Å². The number of thiol groups is 1. The average molecular weight is 426 g/mol. The van der Waals surface area contributed by atoms with Gasteiger partial charge >= 0.3 is 5.97 Å². The second-order valence-corrected chi connectivity index (χ2v) is 6.90. The van der Waals surface area contributed by atoms with E-state index in [9.17, 15) is 24.3 Å². The Balaban J connectivity index is 2.95. The zero-order valence-electron chi connectivity index (χ0n) is 16.1. The predicted octanol–water partition coefficient (Wildman–Crippen LogP) is -1.23. The number of carbonyl (C=O) groups is 4. The molecule has 0 aliphatic rings. The Morgan fingerprint density at radius 1 is 0.966 bits per heavy atom. The minimum absolute atomic E-state index is 0.0325. The van der Waals surface area contributed by atoms with Crippen LogP contribution < -0.4 is 21.7 Å². The number of carbonyl (C=O) groups excluding carboxylic acids is 3. The van der Waals surface area contributed by atoms with Gasteiger partial charge in [-0.1, -0.05) is 12.1 Å². The standard InChI is InChI=1S/C18H26N4O6S/c1-9(19)15(24)20-10(2)16(25)21-13(7-11-3-5-12(23)6-4-11)17(26)22-14(8-29)18(27)28/h3-6,9-10,13-14,23,29H,7-8,19H2,1-2H3,(H,20,24)(H,21,25)(H,22,26)(H,27,28). The van der Waals surface area contributed by atoms with Crippen LogP contribution in [0.1, 0.15) is 19.4 Å². The molecule has 0 radical (unpaired) electrons. The number of aromatic hydroxyl groups is 1. The first kappa shape index (κ1) is 24.2. The molecule has 3 amide bonds. The fourth-order valence-electron chi connectivity index (χ4n) is 2.24. The van der Waals surface area contributed by atoms with Crippen molar-refractivity contribution >= 4 is 36.3 Å². The van der Waals surface area contributed by atoms with Crippen molar-refractivity contribution in [2.24, 2.45) is 5.73 Å². The summed E-state index contributed by atoms with van der Waals surface area (Å²) in [7, 11) is 0. The molecule has 1 rings (SSSR count). The van der Waals surface area contributed by atoms with Gasteiger partial charge in [-0.05, 0) is 31.5 Å².